The van der Waals surface area contributed by atoms with Crippen LogP contribution in [0.15, 0.2) is 0 Å². The van der Waals surface area contributed by atoms with E-state index in [1.807, 2.05) is 0 Å². The molecule has 3 unspecified atom stereocenters. The van der Waals surface area contributed by atoms with Gasteiger partial charge in [0.25, 0.3) is 0 Å². The highest BCUT2D eigenvalue weighted by Gasteiger charge is 2.62. The van der Waals surface area contributed by atoms with Crippen LogP contribution in [0.5, 0.6) is 0 Å². The van der Waals surface area contributed by atoms with Crippen LogP contribution in [-0.4, -0.2) is 17.5 Å². The highest BCUT2D eigenvalue weighted by atomic mass is 16.6. The van der Waals surface area contributed by atoms with E-state index in [4.69, 9.17) is 4.74 Å². The van der Waals surface area contributed by atoms with Crippen LogP contribution in [-0.2, 0) is 9.53 Å². The molecule has 1 saturated heterocycles. The lowest BCUT2D eigenvalue weighted by Crippen LogP contribution is -2.36. The van der Waals surface area contributed by atoms with Crippen LogP contribution in [0.4, 0.5) is 0 Å². The predicted molar refractivity (Wildman–Crippen MR) is 45.9 cm³/mol. The normalized spacial score (nSPS) is 51.9. The first kappa shape index (κ1) is 8.24. The topological polar surface area (TPSA) is 29.6 Å². The summed E-state index contributed by atoms with van der Waals surface area (Å²) in [5.41, 5.74) is 0.0962. The summed E-state index contributed by atoms with van der Waals surface area (Å²) in [6, 6.07) is 0. The van der Waals surface area contributed by atoms with Crippen LogP contribution in [0.2, 0.25) is 0 Å². The number of ketones is 1. The Morgan fingerprint density at radius 1 is 1.58 bits per heavy atom. The van der Waals surface area contributed by atoms with Crippen molar-refractivity contribution < 1.29 is 9.53 Å². The molecular formula is C10H16O2. The third-order valence-corrected chi connectivity index (χ3v) is 3.41. The first-order valence-corrected chi connectivity index (χ1v) is 4.70. The molecule has 1 heterocycles. The van der Waals surface area contributed by atoms with Crippen molar-refractivity contribution >= 4 is 5.78 Å². The van der Waals surface area contributed by atoms with Gasteiger partial charge in [0.1, 0.15) is 11.7 Å². The fraction of sp³-hybridized carbons (Fsp3) is 0.900. The zero-order valence-electron chi connectivity index (χ0n) is 8.02. The molecule has 0 N–H and O–H groups in total. The molecule has 68 valence electrons. The Morgan fingerprint density at radius 2 is 2.25 bits per heavy atom. The van der Waals surface area contributed by atoms with Gasteiger partial charge in [-0.2, -0.15) is 0 Å². The Hall–Kier alpha value is -0.370. The van der Waals surface area contributed by atoms with Gasteiger partial charge in [0, 0.05) is 6.42 Å². The average Bonchev–Trinajstić information content (AvgIpc) is 2.61. The third-order valence-electron chi connectivity index (χ3n) is 3.41. The molecule has 1 aliphatic carbocycles. The molecule has 1 aliphatic heterocycles. The second kappa shape index (κ2) is 2.11. The van der Waals surface area contributed by atoms with Crippen molar-refractivity contribution in [2.75, 3.05) is 0 Å². The van der Waals surface area contributed by atoms with Crippen LogP contribution in [0.25, 0.3) is 0 Å². The number of rotatable bonds is 1. The Kier molecular flexibility index (Phi) is 1.45. The molecule has 0 aromatic heterocycles. The number of epoxide rings is 1. The van der Waals surface area contributed by atoms with E-state index in [-0.39, 0.29) is 17.1 Å². The molecule has 2 aliphatic rings. The van der Waals surface area contributed by atoms with E-state index in [0.29, 0.717) is 12.2 Å². The zero-order valence-corrected chi connectivity index (χ0v) is 8.02. The Bertz CT molecular complexity index is 236. The monoisotopic (exact) mass is 168 g/mol. The van der Waals surface area contributed by atoms with Crippen molar-refractivity contribution in [3.63, 3.8) is 0 Å². The quantitative estimate of drug-likeness (QED) is 0.560. The first-order chi connectivity index (χ1) is 5.49. The second-order valence-electron chi connectivity index (χ2n) is 4.79. The molecule has 3 atom stereocenters. The predicted octanol–water partition coefficient (Wildman–Crippen LogP) is 1.92. The van der Waals surface area contributed by atoms with Gasteiger partial charge < -0.3 is 4.74 Å². The first-order valence-electron chi connectivity index (χ1n) is 4.70. The lowest BCUT2D eigenvalue weighted by atomic mass is 9.69. The minimum Gasteiger partial charge on any atom is -0.358 e. The lowest BCUT2D eigenvalue weighted by molar-refractivity contribution is -0.123. The fourth-order valence-corrected chi connectivity index (χ4v) is 2.45. The van der Waals surface area contributed by atoms with E-state index in [9.17, 15) is 4.79 Å². The third kappa shape index (κ3) is 1.01. The van der Waals surface area contributed by atoms with Crippen LogP contribution < -0.4 is 0 Å². The summed E-state index contributed by atoms with van der Waals surface area (Å²) in [5.74, 6) is 0.313. The molecule has 2 fully saturated rings. The number of hydrogen-bond acceptors (Lipinski definition) is 2. The number of carbonyl (C=O) groups excluding carboxylic acids is 1. The smallest absolute Gasteiger partial charge is 0.165 e. The van der Waals surface area contributed by atoms with Gasteiger partial charge in [-0.05, 0) is 18.8 Å². The number of Topliss-reactive ketones (excluding diaryl/α,β-unsaturated/α-hetero) is 1. The van der Waals surface area contributed by atoms with Gasteiger partial charge in [0.05, 0.1) is 0 Å². The zero-order chi connectivity index (χ0) is 8.98. The Balaban J connectivity index is 2.19. The van der Waals surface area contributed by atoms with E-state index in [1.165, 1.54) is 0 Å². The number of hydrogen-bond donors (Lipinski definition) is 0. The molecule has 0 aromatic rings. The van der Waals surface area contributed by atoms with Gasteiger partial charge in [0.2, 0.25) is 0 Å². The van der Waals surface area contributed by atoms with Crippen LogP contribution in [0, 0.1) is 5.41 Å². The van der Waals surface area contributed by atoms with Gasteiger partial charge >= 0.3 is 0 Å². The maximum Gasteiger partial charge on any atom is 0.165 e. The van der Waals surface area contributed by atoms with Crippen molar-refractivity contribution in [1.82, 2.24) is 0 Å². The van der Waals surface area contributed by atoms with Gasteiger partial charge in [-0.25, -0.2) is 0 Å². The molecule has 1 saturated carbocycles. The molecule has 0 amide bonds. The Labute approximate surface area is 73.3 Å². The maximum atomic E-state index is 11.5. The minimum atomic E-state index is -0.0971. The van der Waals surface area contributed by atoms with E-state index >= 15 is 0 Å². The van der Waals surface area contributed by atoms with E-state index < -0.39 is 0 Å². The molecule has 2 nitrogen and oxygen atoms in total. The lowest BCUT2D eigenvalue weighted by Gasteiger charge is -2.32. The summed E-state index contributed by atoms with van der Waals surface area (Å²) in [7, 11) is 0. The highest BCUT2D eigenvalue weighted by molar-refractivity contribution is 5.88. The van der Waals surface area contributed by atoms with Crippen molar-refractivity contribution in [3.8, 4) is 0 Å². The van der Waals surface area contributed by atoms with Crippen molar-refractivity contribution in [3.05, 3.63) is 0 Å². The van der Waals surface area contributed by atoms with Crippen molar-refractivity contribution in [1.29, 1.82) is 0 Å². The standard InChI is InChI=1S/C10H16O2/c1-4-9(2)5-7(11)8-10(3,6-9)12-8/h8H,4-6H2,1-3H3. The average molecular weight is 168 g/mol. The minimum absolute atomic E-state index is 0.0582. The summed E-state index contributed by atoms with van der Waals surface area (Å²) in [5, 5.41) is 0. The summed E-state index contributed by atoms with van der Waals surface area (Å²) in [4.78, 5) is 11.5. The molecule has 0 bridgehead atoms. The molecule has 2 heteroatoms. The van der Waals surface area contributed by atoms with Crippen molar-refractivity contribution in [2.24, 2.45) is 5.41 Å². The van der Waals surface area contributed by atoms with Crippen LogP contribution in [0.3, 0.4) is 0 Å². The van der Waals surface area contributed by atoms with E-state index in [0.717, 1.165) is 12.8 Å². The second-order valence-corrected chi connectivity index (χ2v) is 4.79. The summed E-state index contributed by atoms with van der Waals surface area (Å²) < 4.78 is 5.43. The van der Waals surface area contributed by atoms with Gasteiger partial charge in [-0.1, -0.05) is 20.3 Å². The molecule has 0 radical (unpaired) electrons. The number of ether oxygens (including phenoxy) is 1. The SMILES string of the molecule is CCC1(C)CC(=O)C2OC2(C)C1. The number of fused-ring (bicyclic) bond motifs is 1. The molecule has 0 aromatic carbocycles. The van der Waals surface area contributed by atoms with Gasteiger partial charge in [0.15, 0.2) is 5.78 Å². The van der Waals surface area contributed by atoms with Crippen LogP contribution >= 0.6 is 0 Å². The largest absolute Gasteiger partial charge is 0.358 e. The van der Waals surface area contributed by atoms with Crippen molar-refractivity contribution in [2.45, 2.75) is 51.7 Å². The Morgan fingerprint density at radius 3 is 2.75 bits per heavy atom. The molecule has 0 spiro atoms. The summed E-state index contributed by atoms with van der Waals surface area (Å²) >= 11 is 0. The number of carbonyl (C=O) groups is 1. The van der Waals surface area contributed by atoms with Gasteiger partial charge in [-0.15, -0.1) is 0 Å². The molecule has 2 rings (SSSR count). The van der Waals surface area contributed by atoms with E-state index in [2.05, 4.69) is 20.8 Å². The maximum absolute atomic E-state index is 11.5. The summed E-state index contributed by atoms with van der Waals surface area (Å²) in [6.07, 6.45) is 2.78. The highest BCUT2D eigenvalue weighted by Crippen LogP contribution is 2.53. The van der Waals surface area contributed by atoms with Gasteiger partial charge in [-0.3, -0.25) is 4.79 Å². The fourth-order valence-electron chi connectivity index (χ4n) is 2.45. The molecule has 12 heavy (non-hydrogen) atoms. The summed E-state index contributed by atoms with van der Waals surface area (Å²) in [6.45, 7) is 6.40. The van der Waals surface area contributed by atoms with E-state index in [1.54, 1.807) is 0 Å². The van der Waals surface area contributed by atoms with Crippen LogP contribution in [0.1, 0.15) is 40.0 Å². The molecular weight excluding hydrogens is 152 g/mol.